The zero-order chi connectivity index (χ0) is 15.1. The molecule has 2 aliphatic rings. The maximum Gasteiger partial charge on any atom is 0.410 e. The number of hydrogen-bond acceptors (Lipinski definition) is 3. The van der Waals surface area contributed by atoms with E-state index < -0.39 is 5.60 Å². The lowest BCUT2D eigenvalue weighted by Gasteiger charge is -2.38. The Balaban J connectivity index is 1.79. The van der Waals surface area contributed by atoms with Gasteiger partial charge in [0.1, 0.15) is 5.60 Å². The van der Waals surface area contributed by atoms with Gasteiger partial charge in [-0.15, -0.1) is 0 Å². The van der Waals surface area contributed by atoms with E-state index in [0.717, 1.165) is 26.1 Å². The van der Waals surface area contributed by atoms with E-state index in [0.29, 0.717) is 5.92 Å². The highest BCUT2D eigenvalue weighted by Gasteiger charge is 2.61. The Morgan fingerprint density at radius 2 is 2.05 bits per heavy atom. The van der Waals surface area contributed by atoms with Crippen molar-refractivity contribution in [3.8, 4) is 0 Å². The van der Waals surface area contributed by atoms with Gasteiger partial charge in [0.2, 0.25) is 0 Å². The van der Waals surface area contributed by atoms with E-state index in [1.807, 2.05) is 31.7 Å². The fraction of sp³-hybridized carbons (Fsp3) is 0.588. The Hall–Kier alpha value is -1.55. The van der Waals surface area contributed by atoms with Crippen LogP contribution in [0.25, 0.3) is 0 Å². The van der Waals surface area contributed by atoms with E-state index in [2.05, 4.69) is 29.6 Å². The van der Waals surface area contributed by atoms with E-state index in [1.54, 1.807) is 0 Å². The van der Waals surface area contributed by atoms with Gasteiger partial charge in [0.05, 0.1) is 5.54 Å². The summed E-state index contributed by atoms with van der Waals surface area (Å²) < 4.78 is 5.60. The van der Waals surface area contributed by atoms with Crippen LogP contribution in [0.1, 0.15) is 38.7 Å². The second-order valence-corrected chi connectivity index (χ2v) is 7.08. The van der Waals surface area contributed by atoms with Gasteiger partial charge in [0.25, 0.3) is 0 Å². The number of piperazine rings is 1. The topological polar surface area (TPSA) is 41.6 Å². The van der Waals surface area contributed by atoms with E-state index in [4.69, 9.17) is 4.74 Å². The lowest BCUT2D eigenvalue weighted by atomic mass is 10.0. The van der Waals surface area contributed by atoms with E-state index >= 15 is 0 Å². The molecule has 1 heterocycles. The number of benzene rings is 1. The molecule has 1 spiro atoms. The zero-order valence-electron chi connectivity index (χ0n) is 13.1. The molecular formula is C17H24N2O2. The zero-order valence-corrected chi connectivity index (χ0v) is 13.1. The first-order valence-corrected chi connectivity index (χ1v) is 7.69. The van der Waals surface area contributed by atoms with Gasteiger partial charge in [0.15, 0.2) is 0 Å². The molecule has 1 aliphatic heterocycles. The average Bonchev–Trinajstić information content (AvgIpc) is 3.13. The van der Waals surface area contributed by atoms with E-state index in [1.165, 1.54) is 5.56 Å². The van der Waals surface area contributed by atoms with Crippen LogP contribution >= 0.6 is 0 Å². The van der Waals surface area contributed by atoms with Crippen LogP contribution < -0.4 is 5.32 Å². The highest BCUT2D eigenvalue weighted by atomic mass is 16.6. The summed E-state index contributed by atoms with van der Waals surface area (Å²) in [6.07, 6.45) is 0.839. The summed E-state index contributed by atoms with van der Waals surface area (Å²) in [6, 6.07) is 10.5. The van der Waals surface area contributed by atoms with Crippen molar-refractivity contribution in [2.75, 3.05) is 19.6 Å². The molecule has 114 valence electrons. The molecule has 1 saturated carbocycles. The Morgan fingerprint density at radius 1 is 1.33 bits per heavy atom. The molecule has 1 N–H and O–H groups in total. The molecule has 1 amide bonds. The third kappa shape index (κ3) is 2.77. The summed E-state index contributed by atoms with van der Waals surface area (Å²) in [5, 5.41) is 3.44. The first kappa shape index (κ1) is 14.4. The van der Waals surface area contributed by atoms with Crippen molar-refractivity contribution in [2.24, 2.45) is 0 Å². The minimum Gasteiger partial charge on any atom is -0.444 e. The molecule has 21 heavy (non-hydrogen) atoms. The predicted octanol–water partition coefficient (Wildman–Crippen LogP) is 2.75. The molecule has 3 rings (SSSR count). The Kier molecular flexibility index (Phi) is 3.44. The minimum absolute atomic E-state index is 0.0953. The number of hydrogen-bond donors (Lipinski definition) is 1. The molecule has 1 saturated heterocycles. The molecule has 1 aromatic carbocycles. The van der Waals surface area contributed by atoms with E-state index in [-0.39, 0.29) is 11.6 Å². The van der Waals surface area contributed by atoms with Crippen LogP contribution in [-0.2, 0) is 4.74 Å². The number of amides is 1. The van der Waals surface area contributed by atoms with Crippen molar-refractivity contribution >= 4 is 6.09 Å². The summed E-state index contributed by atoms with van der Waals surface area (Å²) in [6.45, 7) is 8.16. The predicted molar refractivity (Wildman–Crippen MR) is 82.3 cm³/mol. The molecule has 0 bridgehead atoms. The van der Waals surface area contributed by atoms with Gasteiger partial charge in [-0.2, -0.15) is 0 Å². The summed E-state index contributed by atoms with van der Waals surface area (Å²) in [5.41, 5.74) is 0.775. The molecule has 4 nitrogen and oxygen atoms in total. The van der Waals surface area contributed by atoms with Crippen LogP contribution in [0.5, 0.6) is 0 Å². The number of carbonyl (C=O) groups is 1. The standard InChI is InChI=1S/C17H24N2O2/c1-16(2,3)21-15(20)19-10-9-18-12-17(19)11-14(17)13-7-5-4-6-8-13/h4-8,14,18H,9-12H2,1-3H3/t14-,17+/m1/s1. The second-order valence-electron chi connectivity index (χ2n) is 7.08. The summed E-state index contributed by atoms with van der Waals surface area (Å²) in [7, 11) is 0. The molecule has 0 radical (unpaired) electrons. The Labute approximate surface area is 126 Å². The minimum atomic E-state index is -0.444. The lowest BCUT2D eigenvalue weighted by molar-refractivity contribution is 0.00751. The Morgan fingerprint density at radius 3 is 2.71 bits per heavy atom. The smallest absolute Gasteiger partial charge is 0.410 e. The number of ether oxygens (including phenoxy) is 1. The van der Waals surface area contributed by atoms with E-state index in [9.17, 15) is 4.79 Å². The summed E-state index contributed by atoms with van der Waals surface area (Å²) >= 11 is 0. The average molecular weight is 288 g/mol. The molecule has 0 aromatic heterocycles. The summed E-state index contributed by atoms with van der Waals surface area (Å²) in [4.78, 5) is 14.5. The molecule has 2 atom stereocenters. The van der Waals surface area contributed by atoms with Gasteiger partial charge in [-0.25, -0.2) is 4.79 Å². The van der Waals surface area contributed by atoms with Gasteiger partial charge in [-0.05, 0) is 32.8 Å². The molecular weight excluding hydrogens is 264 g/mol. The van der Waals surface area contributed by atoms with Crippen molar-refractivity contribution in [1.29, 1.82) is 0 Å². The molecule has 1 aliphatic carbocycles. The first-order chi connectivity index (χ1) is 9.92. The molecule has 4 heteroatoms. The Bertz CT molecular complexity index is 523. The maximum atomic E-state index is 12.5. The first-order valence-electron chi connectivity index (χ1n) is 7.69. The highest BCUT2D eigenvalue weighted by molar-refractivity contribution is 5.71. The van der Waals surface area contributed by atoms with Crippen LogP contribution in [0, 0.1) is 0 Å². The largest absolute Gasteiger partial charge is 0.444 e. The van der Waals surface area contributed by atoms with Crippen molar-refractivity contribution < 1.29 is 9.53 Å². The van der Waals surface area contributed by atoms with Gasteiger partial charge in [-0.1, -0.05) is 30.3 Å². The monoisotopic (exact) mass is 288 g/mol. The fourth-order valence-corrected chi connectivity index (χ4v) is 3.31. The summed E-state index contributed by atoms with van der Waals surface area (Å²) in [5.74, 6) is 0.416. The molecule has 0 unspecified atom stereocenters. The van der Waals surface area contributed by atoms with Crippen molar-refractivity contribution in [3.05, 3.63) is 35.9 Å². The third-order valence-corrected chi connectivity index (χ3v) is 4.34. The third-order valence-electron chi connectivity index (χ3n) is 4.34. The SMILES string of the molecule is CC(C)(C)OC(=O)N1CCNC[C@]12C[C@@H]2c1ccccc1. The van der Waals surface area contributed by atoms with Crippen LogP contribution in [0.2, 0.25) is 0 Å². The van der Waals surface area contributed by atoms with Gasteiger partial charge in [-0.3, -0.25) is 4.90 Å². The number of carbonyl (C=O) groups excluding carboxylic acids is 1. The maximum absolute atomic E-state index is 12.5. The van der Waals surface area contributed by atoms with Crippen LogP contribution in [0.4, 0.5) is 4.79 Å². The van der Waals surface area contributed by atoms with Crippen LogP contribution in [0.3, 0.4) is 0 Å². The number of nitrogens with one attached hydrogen (secondary N) is 1. The second kappa shape index (κ2) is 5.02. The lowest BCUT2D eigenvalue weighted by Crippen LogP contribution is -2.57. The molecule has 1 aromatic rings. The highest BCUT2D eigenvalue weighted by Crippen LogP contribution is 2.56. The van der Waals surface area contributed by atoms with Gasteiger partial charge < -0.3 is 10.1 Å². The van der Waals surface area contributed by atoms with Gasteiger partial charge >= 0.3 is 6.09 Å². The fourth-order valence-electron chi connectivity index (χ4n) is 3.31. The van der Waals surface area contributed by atoms with Crippen LogP contribution in [-0.4, -0.2) is 41.8 Å². The normalized spacial score (nSPS) is 28.5. The van der Waals surface area contributed by atoms with Gasteiger partial charge in [0, 0.05) is 25.6 Å². The molecule has 2 fully saturated rings. The number of nitrogens with zero attached hydrogens (tertiary/aromatic N) is 1. The van der Waals surface area contributed by atoms with Crippen molar-refractivity contribution in [1.82, 2.24) is 10.2 Å². The van der Waals surface area contributed by atoms with Crippen molar-refractivity contribution in [2.45, 2.75) is 44.2 Å². The quantitative estimate of drug-likeness (QED) is 0.864. The number of rotatable bonds is 1. The van der Waals surface area contributed by atoms with Crippen LogP contribution in [0.15, 0.2) is 30.3 Å². The van der Waals surface area contributed by atoms with Crippen molar-refractivity contribution in [3.63, 3.8) is 0 Å².